The van der Waals surface area contributed by atoms with Gasteiger partial charge in [-0.3, -0.25) is 4.90 Å². The van der Waals surface area contributed by atoms with E-state index in [1.807, 2.05) is 30.3 Å². The van der Waals surface area contributed by atoms with Gasteiger partial charge < -0.3 is 9.52 Å². The Morgan fingerprint density at radius 3 is 2.85 bits per heavy atom. The summed E-state index contributed by atoms with van der Waals surface area (Å²) in [6, 6.07) is 9.95. The molecule has 1 aromatic carbocycles. The van der Waals surface area contributed by atoms with Crippen LogP contribution in [0.3, 0.4) is 0 Å². The van der Waals surface area contributed by atoms with Crippen molar-refractivity contribution in [3.8, 4) is 11.5 Å². The maximum Gasteiger partial charge on any atom is 0.247 e. The van der Waals surface area contributed by atoms with Crippen LogP contribution in [0.1, 0.15) is 19.2 Å². The molecule has 2 unspecified atom stereocenters. The standard InChI is InChI=1S/C15H19N3O2/c1-11-7-8-18(13(11)10-19)9-14-16-17-15(20-14)12-5-3-2-4-6-12/h2-6,11,13,19H,7-10H2,1H3. The molecule has 0 spiro atoms. The Morgan fingerprint density at radius 2 is 2.10 bits per heavy atom. The van der Waals surface area contributed by atoms with E-state index >= 15 is 0 Å². The van der Waals surface area contributed by atoms with E-state index in [1.165, 1.54) is 0 Å². The SMILES string of the molecule is CC1CCN(Cc2nnc(-c3ccccc3)o2)C1CO. The molecular weight excluding hydrogens is 254 g/mol. The van der Waals surface area contributed by atoms with E-state index in [9.17, 15) is 5.11 Å². The van der Waals surface area contributed by atoms with Crippen LogP contribution in [-0.4, -0.2) is 39.4 Å². The third-order valence-electron chi connectivity index (χ3n) is 4.01. The molecule has 1 aromatic heterocycles. The molecule has 1 aliphatic rings. The fourth-order valence-corrected chi connectivity index (χ4v) is 2.77. The van der Waals surface area contributed by atoms with Gasteiger partial charge in [0, 0.05) is 11.6 Å². The van der Waals surface area contributed by atoms with Gasteiger partial charge in [-0.25, -0.2) is 0 Å². The van der Waals surface area contributed by atoms with E-state index in [0.717, 1.165) is 18.5 Å². The highest BCUT2D eigenvalue weighted by Gasteiger charge is 2.31. The van der Waals surface area contributed by atoms with Crippen molar-refractivity contribution in [1.82, 2.24) is 15.1 Å². The van der Waals surface area contributed by atoms with Crippen molar-refractivity contribution in [2.24, 2.45) is 5.92 Å². The van der Waals surface area contributed by atoms with Crippen molar-refractivity contribution in [3.05, 3.63) is 36.2 Å². The molecule has 20 heavy (non-hydrogen) atoms. The number of benzene rings is 1. The molecule has 2 heterocycles. The van der Waals surface area contributed by atoms with Gasteiger partial charge in [-0.15, -0.1) is 10.2 Å². The summed E-state index contributed by atoms with van der Waals surface area (Å²) in [5.41, 5.74) is 0.930. The molecule has 0 amide bonds. The minimum atomic E-state index is 0.181. The number of aliphatic hydroxyl groups is 1. The molecule has 0 bridgehead atoms. The predicted octanol–water partition coefficient (Wildman–Crippen LogP) is 1.94. The molecule has 0 radical (unpaired) electrons. The smallest absolute Gasteiger partial charge is 0.247 e. The number of hydrogen-bond donors (Lipinski definition) is 1. The average Bonchev–Trinajstić information content (AvgIpc) is 3.08. The summed E-state index contributed by atoms with van der Waals surface area (Å²) in [7, 11) is 0. The summed E-state index contributed by atoms with van der Waals surface area (Å²) in [4.78, 5) is 2.22. The third-order valence-corrected chi connectivity index (χ3v) is 4.01. The Hall–Kier alpha value is -1.72. The quantitative estimate of drug-likeness (QED) is 0.922. The van der Waals surface area contributed by atoms with Crippen LogP contribution in [0.5, 0.6) is 0 Å². The number of aliphatic hydroxyl groups excluding tert-OH is 1. The molecule has 1 fully saturated rings. The summed E-state index contributed by atoms with van der Waals surface area (Å²) in [5.74, 6) is 1.67. The molecule has 0 saturated carbocycles. The fourth-order valence-electron chi connectivity index (χ4n) is 2.77. The largest absolute Gasteiger partial charge is 0.419 e. The molecule has 1 N–H and O–H groups in total. The van der Waals surface area contributed by atoms with Crippen LogP contribution in [0, 0.1) is 5.92 Å². The van der Waals surface area contributed by atoms with Crippen molar-refractivity contribution >= 4 is 0 Å². The lowest BCUT2D eigenvalue weighted by molar-refractivity contribution is 0.126. The number of hydrogen-bond acceptors (Lipinski definition) is 5. The van der Waals surface area contributed by atoms with E-state index in [4.69, 9.17) is 4.42 Å². The molecule has 2 aromatic rings. The molecule has 0 aliphatic carbocycles. The van der Waals surface area contributed by atoms with Crippen LogP contribution in [0.25, 0.3) is 11.5 Å². The Labute approximate surface area is 118 Å². The topological polar surface area (TPSA) is 62.4 Å². The molecule has 2 atom stereocenters. The predicted molar refractivity (Wildman–Crippen MR) is 74.8 cm³/mol. The van der Waals surface area contributed by atoms with Gasteiger partial charge in [0.15, 0.2) is 0 Å². The van der Waals surface area contributed by atoms with Crippen LogP contribution < -0.4 is 0 Å². The van der Waals surface area contributed by atoms with Gasteiger partial charge in [-0.1, -0.05) is 25.1 Å². The van der Waals surface area contributed by atoms with E-state index in [2.05, 4.69) is 22.0 Å². The van der Waals surface area contributed by atoms with Crippen molar-refractivity contribution in [2.45, 2.75) is 25.9 Å². The van der Waals surface area contributed by atoms with Gasteiger partial charge in [0.2, 0.25) is 11.8 Å². The van der Waals surface area contributed by atoms with Gasteiger partial charge in [0.25, 0.3) is 0 Å². The van der Waals surface area contributed by atoms with E-state index in [-0.39, 0.29) is 12.6 Å². The maximum atomic E-state index is 9.46. The first-order valence-electron chi connectivity index (χ1n) is 7.00. The molecular formula is C15H19N3O2. The van der Waals surface area contributed by atoms with Crippen molar-refractivity contribution in [2.75, 3.05) is 13.2 Å². The number of nitrogens with zero attached hydrogens (tertiary/aromatic N) is 3. The molecule has 5 nitrogen and oxygen atoms in total. The minimum Gasteiger partial charge on any atom is -0.419 e. The maximum absolute atomic E-state index is 9.46. The first-order chi connectivity index (χ1) is 9.78. The number of likely N-dealkylation sites (tertiary alicyclic amines) is 1. The summed E-state index contributed by atoms with van der Waals surface area (Å²) >= 11 is 0. The Kier molecular flexibility index (Phi) is 3.80. The molecule has 1 aliphatic heterocycles. The van der Waals surface area contributed by atoms with Gasteiger partial charge in [-0.2, -0.15) is 0 Å². The highest BCUT2D eigenvalue weighted by atomic mass is 16.4. The first-order valence-corrected chi connectivity index (χ1v) is 7.00. The lowest BCUT2D eigenvalue weighted by atomic mass is 10.0. The lowest BCUT2D eigenvalue weighted by Crippen LogP contribution is -2.34. The highest BCUT2D eigenvalue weighted by molar-refractivity contribution is 5.51. The molecule has 3 rings (SSSR count). The van der Waals surface area contributed by atoms with E-state index in [1.54, 1.807) is 0 Å². The zero-order valence-corrected chi connectivity index (χ0v) is 11.6. The summed E-state index contributed by atoms with van der Waals surface area (Å²) in [6.45, 7) is 3.93. The van der Waals surface area contributed by atoms with E-state index < -0.39 is 0 Å². The third kappa shape index (κ3) is 2.59. The average molecular weight is 273 g/mol. The normalized spacial score (nSPS) is 23.3. The van der Waals surface area contributed by atoms with Crippen LogP contribution in [0.15, 0.2) is 34.7 Å². The zero-order valence-electron chi connectivity index (χ0n) is 11.6. The van der Waals surface area contributed by atoms with Gasteiger partial charge >= 0.3 is 0 Å². The highest BCUT2D eigenvalue weighted by Crippen LogP contribution is 2.25. The molecule has 1 saturated heterocycles. The van der Waals surface area contributed by atoms with Crippen LogP contribution in [-0.2, 0) is 6.54 Å². The fraction of sp³-hybridized carbons (Fsp3) is 0.467. The number of aromatic nitrogens is 2. The zero-order chi connectivity index (χ0) is 13.9. The lowest BCUT2D eigenvalue weighted by Gasteiger charge is -2.23. The van der Waals surface area contributed by atoms with Crippen molar-refractivity contribution in [1.29, 1.82) is 0 Å². The van der Waals surface area contributed by atoms with Crippen molar-refractivity contribution < 1.29 is 9.52 Å². The monoisotopic (exact) mass is 273 g/mol. The van der Waals surface area contributed by atoms with Gasteiger partial charge in [0.1, 0.15) is 0 Å². The van der Waals surface area contributed by atoms with Crippen LogP contribution >= 0.6 is 0 Å². The second kappa shape index (κ2) is 5.73. The van der Waals surface area contributed by atoms with Gasteiger partial charge in [0.05, 0.1) is 13.2 Å². The Morgan fingerprint density at radius 1 is 1.30 bits per heavy atom. The Balaban J connectivity index is 1.72. The summed E-state index contributed by atoms with van der Waals surface area (Å²) in [5, 5.41) is 17.7. The second-order valence-electron chi connectivity index (χ2n) is 5.35. The second-order valence-corrected chi connectivity index (χ2v) is 5.35. The Bertz CT molecular complexity index is 555. The van der Waals surface area contributed by atoms with Gasteiger partial charge in [-0.05, 0) is 31.0 Å². The summed E-state index contributed by atoms with van der Waals surface area (Å²) in [6.07, 6.45) is 1.10. The van der Waals surface area contributed by atoms with Crippen LogP contribution in [0.4, 0.5) is 0 Å². The van der Waals surface area contributed by atoms with E-state index in [0.29, 0.717) is 24.2 Å². The van der Waals surface area contributed by atoms with Crippen molar-refractivity contribution in [3.63, 3.8) is 0 Å². The minimum absolute atomic E-state index is 0.181. The molecule has 5 heteroatoms. The first kappa shape index (κ1) is 13.3. The summed E-state index contributed by atoms with van der Waals surface area (Å²) < 4.78 is 5.71. The van der Waals surface area contributed by atoms with Crippen LogP contribution in [0.2, 0.25) is 0 Å². The number of rotatable bonds is 4. The molecule has 106 valence electrons.